The number of carbonyl (C=O) groups excluding carboxylic acids is 3. The van der Waals surface area contributed by atoms with Crippen LogP contribution in [0.2, 0.25) is 0 Å². The summed E-state index contributed by atoms with van der Waals surface area (Å²) in [4.78, 5) is 40.6. The van der Waals surface area contributed by atoms with E-state index >= 15 is 0 Å². The van der Waals surface area contributed by atoms with Gasteiger partial charge in [0.15, 0.2) is 5.69 Å². The highest BCUT2D eigenvalue weighted by Crippen LogP contribution is 2.27. The first kappa shape index (κ1) is 24.0. The molecule has 1 aromatic carbocycles. The largest absolute Gasteiger partial charge is 0.351 e. The Balaban J connectivity index is 1.45. The molecule has 0 unspecified atom stereocenters. The third-order valence-electron chi connectivity index (χ3n) is 7.30. The minimum atomic E-state index is -1.07. The van der Waals surface area contributed by atoms with Gasteiger partial charge in [0.1, 0.15) is 11.2 Å². The number of aryl methyl sites for hydroxylation is 1. The molecule has 0 bridgehead atoms. The molecular formula is C26H35N5O3. The molecule has 3 amide bonds. The lowest BCUT2D eigenvalue weighted by molar-refractivity contribution is -0.133. The van der Waals surface area contributed by atoms with Crippen LogP contribution in [0.1, 0.15) is 84.5 Å². The molecule has 1 fully saturated rings. The van der Waals surface area contributed by atoms with Crippen molar-refractivity contribution >= 4 is 17.7 Å². The number of rotatable bonds is 6. The van der Waals surface area contributed by atoms with E-state index in [-0.39, 0.29) is 36.0 Å². The zero-order valence-electron chi connectivity index (χ0n) is 20.4. The van der Waals surface area contributed by atoms with Gasteiger partial charge in [-0.15, -0.1) is 0 Å². The highest BCUT2D eigenvalue weighted by Gasteiger charge is 2.46. The van der Waals surface area contributed by atoms with Gasteiger partial charge in [-0.1, -0.05) is 56.9 Å². The van der Waals surface area contributed by atoms with Crippen molar-refractivity contribution in [1.82, 2.24) is 25.3 Å². The lowest BCUT2D eigenvalue weighted by Gasteiger charge is -2.41. The number of hydrogen-bond donors (Lipinski definition) is 2. The second kappa shape index (κ2) is 9.99. The fourth-order valence-corrected chi connectivity index (χ4v) is 4.77. The molecule has 0 saturated heterocycles. The number of nitrogens with one attached hydrogen (secondary N) is 2. The van der Waals surface area contributed by atoms with Gasteiger partial charge in [0.2, 0.25) is 5.91 Å². The molecule has 1 atom stereocenters. The standard InChI is InChI=1S/C26H35N5O3/c1-4-18-11-13-19(14-12-18)16-27-23(32)21-15-22-24(33)30(3)26(2,17-31(22)29-21)25(34)28-20-9-7-5-6-8-10-20/h11-15,20H,4-10,16-17H2,1-3H3,(H,27,32)(H,28,34)/t26-/m1/s1. The predicted octanol–water partition coefficient (Wildman–Crippen LogP) is 3.06. The second-order valence-electron chi connectivity index (χ2n) is 9.73. The van der Waals surface area contributed by atoms with Crippen LogP contribution in [0.3, 0.4) is 0 Å². The number of aromatic nitrogens is 2. The Hall–Kier alpha value is -3.16. The van der Waals surface area contributed by atoms with Crippen LogP contribution in [0, 0.1) is 0 Å². The van der Waals surface area contributed by atoms with E-state index in [1.807, 2.05) is 24.3 Å². The van der Waals surface area contributed by atoms with Crippen LogP contribution in [0.25, 0.3) is 0 Å². The molecule has 2 N–H and O–H groups in total. The molecule has 0 spiro atoms. The molecule has 1 saturated carbocycles. The molecule has 1 aliphatic carbocycles. The van der Waals surface area contributed by atoms with Crippen LogP contribution in [-0.2, 0) is 24.3 Å². The minimum absolute atomic E-state index is 0.141. The summed E-state index contributed by atoms with van der Waals surface area (Å²) >= 11 is 0. The van der Waals surface area contributed by atoms with Crippen LogP contribution in [-0.4, -0.2) is 51.0 Å². The van der Waals surface area contributed by atoms with Crippen molar-refractivity contribution in [3.05, 3.63) is 52.8 Å². The molecule has 182 valence electrons. The number of carbonyl (C=O) groups is 3. The van der Waals surface area contributed by atoms with Crippen molar-refractivity contribution in [2.24, 2.45) is 0 Å². The Bertz CT molecular complexity index is 1050. The van der Waals surface area contributed by atoms with Crippen LogP contribution in [0.4, 0.5) is 0 Å². The Morgan fingerprint density at radius 1 is 1.09 bits per heavy atom. The Morgan fingerprint density at radius 3 is 2.38 bits per heavy atom. The van der Waals surface area contributed by atoms with E-state index in [0.29, 0.717) is 12.2 Å². The Labute approximate surface area is 201 Å². The zero-order chi connectivity index (χ0) is 24.3. The molecule has 0 radical (unpaired) electrons. The Morgan fingerprint density at radius 2 is 1.74 bits per heavy atom. The van der Waals surface area contributed by atoms with E-state index in [4.69, 9.17) is 0 Å². The molecule has 2 aromatic rings. The van der Waals surface area contributed by atoms with Crippen molar-refractivity contribution in [3.8, 4) is 0 Å². The van der Waals surface area contributed by atoms with Gasteiger partial charge in [0.05, 0.1) is 6.54 Å². The smallest absolute Gasteiger partial charge is 0.272 e. The number of likely N-dealkylation sites (N-methyl/N-ethyl adjacent to an activating group) is 1. The van der Waals surface area contributed by atoms with Crippen molar-refractivity contribution in [3.63, 3.8) is 0 Å². The maximum atomic E-state index is 13.3. The molecule has 34 heavy (non-hydrogen) atoms. The summed E-state index contributed by atoms with van der Waals surface area (Å²) in [5.74, 6) is -0.828. The summed E-state index contributed by atoms with van der Waals surface area (Å²) in [6.45, 7) is 4.44. The number of fused-ring (bicyclic) bond motifs is 1. The van der Waals surface area contributed by atoms with Gasteiger partial charge in [-0.3, -0.25) is 19.1 Å². The van der Waals surface area contributed by atoms with E-state index in [1.54, 1.807) is 14.0 Å². The van der Waals surface area contributed by atoms with Crippen LogP contribution >= 0.6 is 0 Å². The summed E-state index contributed by atoms with van der Waals surface area (Å²) in [6, 6.07) is 9.74. The number of amides is 3. The van der Waals surface area contributed by atoms with Gasteiger partial charge in [0.25, 0.3) is 11.8 Å². The fourth-order valence-electron chi connectivity index (χ4n) is 4.77. The summed E-state index contributed by atoms with van der Waals surface area (Å²) < 4.78 is 1.50. The van der Waals surface area contributed by atoms with E-state index in [0.717, 1.165) is 37.7 Å². The predicted molar refractivity (Wildman–Crippen MR) is 129 cm³/mol. The normalized spacial score (nSPS) is 21.0. The molecular weight excluding hydrogens is 430 g/mol. The maximum absolute atomic E-state index is 13.3. The monoisotopic (exact) mass is 465 g/mol. The fraction of sp³-hybridized carbons (Fsp3) is 0.538. The lowest BCUT2D eigenvalue weighted by atomic mass is 9.95. The third-order valence-corrected chi connectivity index (χ3v) is 7.30. The molecule has 8 heteroatoms. The topological polar surface area (TPSA) is 96.3 Å². The summed E-state index contributed by atoms with van der Waals surface area (Å²) in [5, 5.41) is 10.4. The van der Waals surface area contributed by atoms with Crippen molar-refractivity contribution in [2.45, 2.75) is 83.5 Å². The van der Waals surface area contributed by atoms with Crippen molar-refractivity contribution < 1.29 is 14.4 Å². The molecule has 8 nitrogen and oxygen atoms in total. The summed E-state index contributed by atoms with van der Waals surface area (Å²) in [7, 11) is 1.64. The van der Waals surface area contributed by atoms with Gasteiger partial charge in [-0.05, 0) is 37.3 Å². The van der Waals surface area contributed by atoms with E-state index in [9.17, 15) is 14.4 Å². The van der Waals surface area contributed by atoms with Gasteiger partial charge < -0.3 is 15.5 Å². The molecule has 4 rings (SSSR count). The molecule has 2 aliphatic rings. The molecule has 1 aliphatic heterocycles. The van der Waals surface area contributed by atoms with Gasteiger partial charge in [-0.25, -0.2) is 0 Å². The second-order valence-corrected chi connectivity index (χ2v) is 9.73. The van der Waals surface area contributed by atoms with Crippen LogP contribution in [0.5, 0.6) is 0 Å². The number of nitrogens with zero attached hydrogens (tertiary/aromatic N) is 3. The van der Waals surface area contributed by atoms with Crippen LogP contribution in [0.15, 0.2) is 30.3 Å². The average molecular weight is 466 g/mol. The Kier molecular flexibility index (Phi) is 7.05. The summed E-state index contributed by atoms with van der Waals surface area (Å²) in [6.07, 6.45) is 7.53. The van der Waals surface area contributed by atoms with E-state index in [2.05, 4.69) is 22.7 Å². The minimum Gasteiger partial charge on any atom is -0.351 e. The van der Waals surface area contributed by atoms with Crippen molar-refractivity contribution in [2.75, 3.05) is 7.05 Å². The first-order chi connectivity index (χ1) is 16.3. The maximum Gasteiger partial charge on any atom is 0.272 e. The zero-order valence-corrected chi connectivity index (χ0v) is 20.4. The van der Waals surface area contributed by atoms with Crippen LogP contribution < -0.4 is 10.6 Å². The number of benzene rings is 1. The highest BCUT2D eigenvalue weighted by molar-refractivity contribution is 6.01. The quantitative estimate of drug-likeness (QED) is 0.641. The lowest BCUT2D eigenvalue weighted by Crippen LogP contribution is -2.63. The average Bonchev–Trinajstić information content (AvgIpc) is 3.09. The molecule has 2 heterocycles. The summed E-state index contributed by atoms with van der Waals surface area (Å²) in [5.41, 5.74) is 1.66. The van der Waals surface area contributed by atoms with Crippen molar-refractivity contribution in [1.29, 1.82) is 0 Å². The van der Waals surface area contributed by atoms with Gasteiger partial charge in [-0.2, -0.15) is 5.10 Å². The highest BCUT2D eigenvalue weighted by atomic mass is 16.2. The van der Waals surface area contributed by atoms with E-state index < -0.39 is 5.54 Å². The molecule has 1 aromatic heterocycles. The number of hydrogen-bond acceptors (Lipinski definition) is 4. The SMILES string of the molecule is CCc1ccc(CNC(=O)c2cc3n(n2)C[C@](C)(C(=O)NC2CCCCCC2)N(C)C3=O)cc1. The first-order valence-corrected chi connectivity index (χ1v) is 12.3. The third kappa shape index (κ3) is 4.86. The van der Waals surface area contributed by atoms with E-state index in [1.165, 1.54) is 34.1 Å². The first-order valence-electron chi connectivity index (χ1n) is 12.3. The van der Waals surface area contributed by atoms with Gasteiger partial charge in [0, 0.05) is 25.7 Å². The van der Waals surface area contributed by atoms with Gasteiger partial charge >= 0.3 is 0 Å².